The summed E-state index contributed by atoms with van der Waals surface area (Å²) < 4.78 is 0. The van der Waals surface area contributed by atoms with E-state index in [0.29, 0.717) is 0 Å². The standard InChI is InChI=1S/C19H22N2/c1-15-6-5-7-18(12-15)20-14-17-8-9-19(13-16(17)2)21-10-3-4-11-21/h5-9,12-14H,3-4,10-11H2,1-2H3. The lowest BCUT2D eigenvalue weighted by atomic mass is 10.1. The molecule has 1 saturated heterocycles. The molecule has 0 N–H and O–H groups in total. The quantitative estimate of drug-likeness (QED) is 0.746. The van der Waals surface area contributed by atoms with Crippen LogP contribution in [0, 0.1) is 13.8 Å². The Bertz CT molecular complexity index is 652. The van der Waals surface area contributed by atoms with Crippen molar-refractivity contribution in [1.29, 1.82) is 0 Å². The summed E-state index contributed by atoms with van der Waals surface area (Å²) in [5.74, 6) is 0. The van der Waals surface area contributed by atoms with E-state index in [1.807, 2.05) is 18.3 Å². The third-order valence-electron chi connectivity index (χ3n) is 4.08. The zero-order valence-electron chi connectivity index (χ0n) is 12.8. The zero-order valence-corrected chi connectivity index (χ0v) is 12.8. The minimum atomic E-state index is 1.01. The number of benzene rings is 2. The van der Waals surface area contributed by atoms with E-state index >= 15 is 0 Å². The molecule has 0 radical (unpaired) electrons. The molecule has 2 nitrogen and oxygen atoms in total. The topological polar surface area (TPSA) is 15.6 Å². The van der Waals surface area contributed by atoms with Crippen LogP contribution in [0.2, 0.25) is 0 Å². The first kappa shape index (κ1) is 13.9. The highest BCUT2D eigenvalue weighted by Gasteiger charge is 2.12. The van der Waals surface area contributed by atoms with Crippen molar-refractivity contribution in [2.24, 2.45) is 4.99 Å². The minimum absolute atomic E-state index is 1.01. The highest BCUT2D eigenvalue weighted by molar-refractivity contribution is 5.84. The van der Waals surface area contributed by atoms with E-state index in [9.17, 15) is 0 Å². The molecule has 2 heteroatoms. The van der Waals surface area contributed by atoms with Crippen LogP contribution in [0.4, 0.5) is 11.4 Å². The molecule has 1 aliphatic rings. The van der Waals surface area contributed by atoms with E-state index in [2.05, 4.69) is 54.1 Å². The second-order valence-electron chi connectivity index (χ2n) is 5.83. The summed E-state index contributed by atoms with van der Waals surface area (Å²) >= 11 is 0. The van der Waals surface area contributed by atoms with Crippen molar-refractivity contribution >= 4 is 17.6 Å². The predicted octanol–water partition coefficient (Wildman–Crippen LogP) is 4.65. The molecule has 0 aliphatic carbocycles. The van der Waals surface area contributed by atoms with Crippen LogP contribution in [0.3, 0.4) is 0 Å². The summed E-state index contributed by atoms with van der Waals surface area (Å²) in [6.07, 6.45) is 4.60. The number of aliphatic imine (C=N–C) groups is 1. The van der Waals surface area contributed by atoms with E-state index < -0.39 is 0 Å². The van der Waals surface area contributed by atoms with Crippen molar-refractivity contribution < 1.29 is 0 Å². The summed E-state index contributed by atoms with van der Waals surface area (Å²) in [5, 5.41) is 0. The van der Waals surface area contributed by atoms with Gasteiger partial charge in [-0.25, -0.2) is 0 Å². The SMILES string of the molecule is Cc1cccc(N=Cc2ccc(N3CCCC3)cc2C)c1. The molecule has 108 valence electrons. The van der Waals surface area contributed by atoms with Gasteiger partial charge in [-0.2, -0.15) is 0 Å². The number of hydrogen-bond donors (Lipinski definition) is 0. The monoisotopic (exact) mass is 278 g/mol. The summed E-state index contributed by atoms with van der Waals surface area (Å²) in [6.45, 7) is 6.64. The molecule has 2 aromatic rings. The third kappa shape index (κ3) is 3.33. The van der Waals surface area contributed by atoms with Crippen LogP contribution in [0.1, 0.15) is 29.5 Å². The maximum Gasteiger partial charge on any atom is 0.0632 e. The van der Waals surface area contributed by atoms with Crippen LogP contribution in [0.25, 0.3) is 0 Å². The summed E-state index contributed by atoms with van der Waals surface area (Å²) in [5.41, 5.74) is 6.08. The van der Waals surface area contributed by atoms with Crippen molar-refractivity contribution in [3.05, 3.63) is 59.2 Å². The van der Waals surface area contributed by atoms with Crippen LogP contribution in [0.15, 0.2) is 47.5 Å². The molecule has 1 fully saturated rings. The van der Waals surface area contributed by atoms with Gasteiger partial charge < -0.3 is 4.90 Å². The number of nitrogens with zero attached hydrogens (tertiary/aromatic N) is 2. The summed E-state index contributed by atoms with van der Waals surface area (Å²) in [6, 6.07) is 15.0. The van der Waals surface area contributed by atoms with Crippen molar-refractivity contribution in [2.45, 2.75) is 26.7 Å². The van der Waals surface area contributed by atoms with Gasteiger partial charge in [-0.15, -0.1) is 0 Å². The molecule has 0 spiro atoms. The Morgan fingerprint density at radius 3 is 2.52 bits per heavy atom. The van der Waals surface area contributed by atoms with Crippen LogP contribution in [0.5, 0.6) is 0 Å². The lowest BCUT2D eigenvalue weighted by molar-refractivity contribution is 0.949. The summed E-state index contributed by atoms with van der Waals surface area (Å²) in [7, 11) is 0. The van der Waals surface area contributed by atoms with Gasteiger partial charge in [0.05, 0.1) is 5.69 Å². The number of hydrogen-bond acceptors (Lipinski definition) is 2. The molecule has 0 amide bonds. The van der Waals surface area contributed by atoms with E-state index in [1.165, 1.54) is 48.3 Å². The number of rotatable bonds is 3. The molecule has 1 heterocycles. The van der Waals surface area contributed by atoms with Crippen LogP contribution in [-0.4, -0.2) is 19.3 Å². The van der Waals surface area contributed by atoms with Crippen molar-refractivity contribution in [1.82, 2.24) is 0 Å². The first-order valence-corrected chi connectivity index (χ1v) is 7.69. The normalized spacial score (nSPS) is 15.0. The Morgan fingerprint density at radius 2 is 1.81 bits per heavy atom. The van der Waals surface area contributed by atoms with Crippen LogP contribution < -0.4 is 4.90 Å². The van der Waals surface area contributed by atoms with Gasteiger partial charge in [0, 0.05) is 25.0 Å². The Kier molecular flexibility index (Phi) is 4.05. The number of anilines is 1. The highest BCUT2D eigenvalue weighted by Crippen LogP contribution is 2.23. The Hall–Kier alpha value is -2.09. The summed E-state index contributed by atoms with van der Waals surface area (Å²) in [4.78, 5) is 7.05. The maximum atomic E-state index is 4.59. The van der Waals surface area contributed by atoms with Crippen molar-refractivity contribution in [2.75, 3.05) is 18.0 Å². The van der Waals surface area contributed by atoms with E-state index in [-0.39, 0.29) is 0 Å². The third-order valence-corrected chi connectivity index (χ3v) is 4.08. The maximum absolute atomic E-state index is 4.59. The Balaban J connectivity index is 1.79. The molecule has 0 unspecified atom stereocenters. The average molecular weight is 278 g/mol. The Morgan fingerprint density at radius 1 is 1.00 bits per heavy atom. The first-order valence-electron chi connectivity index (χ1n) is 7.69. The second kappa shape index (κ2) is 6.13. The largest absolute Gasteiger partial charge is 0.372 e. The van der Waals surface area contributed by atoms with Crippen molar-refractivity contribution in [3.8, 4) is 0 Å². The number of aryl methyl sites for hydroxylation is 2. The van der Waals surface area contributed by atoms with Gasteiger partial charge in [0.2, 0.25) is 0 Å². The second-order valence-corrected chi connectivity index (χ2v) is 5.83. The van der Waals surface area contributed by atoms with Crippen LogP contribution >= 0.6 is 0 Å². The van der Waals surface area contributed by atoms with E-state index in [0.717, 1.165) is 5.69 Å². The van der Waals surface area contributed by atoms with Gasteiger partial charge in [0.15, 0.2) is 0 Å². The molecule has 0 saturated carbocycles. The van der Waals surface area contributed by atoms with Gasteiger partial charge >= 0.3 is 0 Å². The minimum Gasteiger partial charge on any atom is -0.372 e. The molecular formula is C19H22N2. The highest BCUT2D eigenvalue weighted by atomic mass is 15.1. The molecule has 1 aliphatic heterocycles. The molecule has 21 heavy (non-hydrogen) atoms. The Labute approximate surface area is 127 Å². The fourth-order valence-corrected chi connectivity index (χ4v) is 2.83. The van der Waals surface area contributed by atoms with Crippen molar-refractivity contribution in [3.63, 3.8) is 0 Å². The molecule has 3 rings (SSSR count). The molecule has 0 aromatic heterocycles. The van der Waals surface area contributed by atoms with Crippen LogP contribution in [-0.2, 0) is 0 Å². The van der Waals surface area contributed by atoms with E-state index in [4.69, 9.17) is 0 Å². The lowest BCUT2D eigenvalue weighted by Gasteiger charge is -2.18. The van der Waals surface area contributed by atoms with Gasteiger partial charge in [-0.3, -0.25) is 4.99 Å². The average Bonchev–Trinajstić information content (AvgIpc) is 3.00. The molecular weight excluding hydrogens is 256 g/mol. The zero-order chi connectivity index (χ0) is 14.7. The first-order chi connectivity index (χ1) is 10.2. The molecule has 0 atom stereocenters. The smallest absolute Gasteiger partial charge is 0.0632 e. The van der Waals surface area contributed by atoms with E-state index in [1.54, 1.807) is 0 Å². The van der Waals surface area contributed by atoms with Gasteiger partial charge in [-0.1, -0.05) is 18.2 Å². The van der Waals surface area contributed by atoms with Gasteiger partial charge in [0.25, 0.3) is 0 Å². The fraction of sp³-hybridized carbons (Fsp3) is 0.316. The van der Waals surface area contributed by atoms with Gasteiger partial charge in [0.1, 0.15) is 0 Å². The lowest BCUT2D eigenvalue weighted by Crippen LogP contribution is -2.17. The fourth-order valence-electron chi connectivity index (χ4n) is 2.83. The predicted molar refractivity (Wildman–Crippen MR) is 91.1 cm³/mol. The molecule has 0 bridgehead atoms. The van der Waals surface area contributed by atoms with Gasteiger partial charge in [-0.05, 0) is 67.6 Å². The molecule has 2 aromatic carbocycles.